The van der Waals surface area contributed by atoms with Gasteiger partial charge in [0.1, 0.15) is 6.04 Å². The van der Waals surface area contributed by atoms with E-state index in [9.17, 15) is 13.2 Å². The van der Waals surface area contributed by atoms with E-state index in [1.165, 1.54) is 26.8 Å². The fourth-order valence-corrected chi connectivity index (χ4v) is 5.67. The molecule has 1 amide bonds. The van der Waals surface area contributed by atoms with Gasteiger partial charge in [-0.05, 0) is 49.9 Å². The Balaban J connectivity index is 2.10. The van der Waals surface area contributed by atoms with Crippen molar-refractivity contribution in [1.29, 1.82) is 0 Å². The topological polar surface area (TPSA) is 71.7 Å². The fourth-order valence-electron chi connectivity index (χ4n) is 3.43. The summed E-state index contributed by atoms with van der Waals surface area (Å²) in [6.07, 6.45) is 5.04. The molecule has 1 aromatic heterocycles. The first kappa shape index (κ1) is 20.0. The van der Waals surface area contributed by atoms with E-state index in [4.69, 9.17) is 0 Å². The summed E-state index contributed by atoms with van der Waals surface area (Å²) in [5.74, 6) is -0.391. The molecule has 1 unspecified atom stereocenters. The molecule has 1 fully saturated rings. The van der Waals surface area contributed by atoms with Crippen LogP contribution in [0, 0.1) is 13.8 Å². The van der Waals surface area contributed by atoms with Crippen molar-refractivity contribution in [3.8, 4) is 0 Å². The van der Waals surface area contributed by atoms with E-state index in [2.05, 4.69) is 37.6 Å². The summed E-state index contributed by atoms with van der Waals surface area (Å²) in [6, 6.07) is 3.49. The second-order valence-electron chi connectivity index (χ2n) is 7.02. The summed E-state index contributed by atoms with van der Waals surface area (Å²) in [5, 5.41) is 0. The molecule has 0 aliphatic carbocycles. The maximum Gasteiger partial charge on any atom is 0.266 e. The zero-order chi connectivity index (χ0) is 19.8. The van der Waals surface area contributed by atoms with Gasteiger partial charge in [0, 0.05) is 13.1 Å². The van der Waals surface area contributed by atoms with Crippen LogP contribution >= 0.6 is 11.3 Å². The van der Waals surface area contributed by atoms with Crippen molar-refractivity contribution in [3.05, 3.63) is 40.7 Å². The minimum absolute atomic E-state index is 0.377. The SMILES string of the molecule is C=CCn1c(=NC(=O)C2CCCCN2S(C)(=O)=O)sc2cc(C)c(C)cc21. The van der Waals surface area contributed by atoms with Gasteiger partial charge in [0.25, 0.3) is 5.91 Å². The Morgan fingerprint density at radius 3 is 2.70 bits per heavy atom. The number of allylic oxidation sites excluding steroid dienone is 1. The first-order valence-corrected chi connectivity index (χ1v) is 11.7. The van der Waals surface area contributed by atoms with Crippen LogP contribution in [0.5, 0.6) is 0 Å². The highest BCUT2D eigenvalue weighted by Gasteiger charge is 2.34. The van der Waals surface area contributed by atoms with Crippen molar-refractivity contribution in [2.75, 3.05) is 12.8 Å². The van der Waals surface area contributed by atoms with Crippen LogP contribution in [0.4, 0.5) is 0 Å². The molecule has 0 radical (unpaired) electrons. The van der Waals surface area contributed by atoms with E-state index in [0.717, 1.165) is 29.3 Å². The number of carbonyl (C=O) groups excluding carboxylic acids is 1. The molecular weight excluding hydrogens is 382 g/mol. The minimum atomic E-state index is -3.44. The van der Waals surface area contributed by atoms with E-state index >= 15 is 0 Å². The molecule has 1 saturated heterocycles. The minimum Gasteiger partial charge on any atom is -0.312 e. The number of hydrogen-bond donors (Lipinski definition) is 0. The number of carbonyl (C=O) groups is 1. The van der Waals surface area contributed by atoms with Gasteiger partial charge in [-0.2, -0.15) is 9.30 Å². The molecule has 0 saturated carbocycles. The molecule has 0 N–H and O–H groups in total. The van der Waals surface area contributed by atoms with Gasteiger partial charge < -0.3 is 4.57 Å². The van der Waals surface area contributed by atoms with Crippen LogP contribution in [-0.4, -0.2) is 42.0 Å². The van der Waals surface area contributed by atoms with Crippen LogP contribution in [0.25, 0.3) is 10.2 Å². The van der Waals surface area contributed by atoms with Crippen LogP contribution in [0.1, 0.15) is 30.4 Å². The lowest BCUT2D eigenvalue weighted by molar-refractivity contribution is -0.122. The number of aromatic nitrogens is 1. The summed E-state index contributed by atoms with van der Waals surface area (Å²) in [6.45, 7) is 8.83. The summed E-state index contributed by atoms with van der Waals surface area (Å²) >= 11 is 1.45. The predicted octanol–water partition coefficient (Wildman–Crippen LogP) is 2.75. The summed E-state index contributed by atoms with van der Waals surface area (Å²) < 4.78 is 28.4. The maximum absolute atomic E-state index is 12.9. The predicted molar refractivity (Wildman–Crippen MR) is 109 cm³/mol. The van der Waals surface area contributed by atoms with Gasteiger partial charge in [-0.1, -0.05) is 23.8 Å². The molecule has 0 bridgehead atoms. The highest BCUT2D eigenvalue weighted by molar-refractivity contribution is 7.88. The van der Waals surface area contributed by atoms with E-state index in [1.54, 1.807) is 6.08 Å². The molecule has 1 aromatic carbocycles. The molecule has 27 heavy (non-hydrogen) atoms. The van der Waals surface area contributed by atoms with Crippen molar-refractivity contribution in [2.45, 2.75) is 45.7 Å². The lowest BCUT2D eigenvalue weighted by Gasteiger charge is -2.31. The van der Waals surface area contributed by atoms with E-state index in [-0.39, 0.29) is 0 Å². The van der Waals surface area contributed by atoms with Crippen LogP contribution in [0.3, 0.4) is 0 Å². The first-order valence-electron chi connectivity index (χ1n) is 8.99. The zero-order valence-corrected chi connectivity index (χ0v) is 17.6. The quantitative estimate of drug-likeness (QED) is 0.732. The highest BCUT2D eigenvalue weighted by Crippen LogP contribution is 2.23. The van der Waals surface area contributed by atoms with Crippen molar-refractivity contribution in [3.63, 3.8) is 0 Å². The Morgan fingerprint density at radius 1 is 1.33 bits per heavy atom. The Labute approximate surface area is 163 Å². The first-order chi connectivity index (χ1) is 12.7. The van der Waals surface area contributed by atoms with Gasteiger partial charge in [-0.15, -0.1) is 6.58 Å². The number of piperidine rings is 1. The number of amides is 1. The van der Waals surface area contributed by atoms with Crippen molar-refractivity contribution in [1.82, 2.24) is 8.87 Å². The largest absolute Gasteiger partial charge is 0.312 e. The molecule has 6 nitrogen and oxygen atoms in total. The molecule has 146 valence electrons. The molecular formula is C19H25N3O3S2. The number of sulfonamides is 1. The van der Waals surface area contributed by atoms with Crippen molar-refractivity contribution >= 4 is 37.5 Å². The summed E-state index contributed by atoms with van der Waals surface area (Å²) in [5.41, 5.74) is 3.37. The smallest absolute Gasteiger partial charge is 0.266 e. The van der Waals surface area contributed by atoms with Crippen LogP contribution < -0.4 is 4.80 Å². The van der Waals surface area contributed by atoms with Crippen molar-refractivity contribution in [2.24, 2.45) is 4.99 Å². The van der Waals surface area contributed by atoms with E-state index in [0.29, 0.717) is 24.3 Å². The van der Waals surface area contributed by atoms with Crippen LogP contribution in [0.2, 0.25) is 0 Å². The van der Waals surface area contributed by atoms with Crippen molar-refractivity contribution < 1.29 is 13.2 Å². The Hall–Kier alpha value is -1.77. The van der Waals surface area contributed by atoms with Gasteiger partial charge in [-0.25, -0.2) is 8.42 Å². The number of fused-ring (bicyclic) bond motifs is 1. The maximum atomic E-state index is 12.9. The van der Waals surface area contributed by atoms with Gasteiger partial charge >= 0.3 is 0 Å². The number of hydrogen-bond acceptors (Lipinski definition) is 4. The number of aryl methyl sites for hydroxylation is 2. The third kappa shape index (κ3) is 4.07. The Kier molecular flexibility index (Phi) is 5.69. The third-order valence-corrected chi connectivity index (χ3v) is 7.31. The van der Waals surface area contributed by atoms with Crippen LogP contribution in [-0.2, 0) is 21.4 Å². The molecule has 1 atom stereocenters. The Bertz CT molecular complexity index is 1060. The van der Waals surface area contributed by atoms with Gasteiger partial charge in [0.15, 0.2) is 4.80 Å². The number of nitrogens with zero attached hydrogens (tertiary/aromatic N) is 3. The molecule has 1 aliphatic heterocycles. The average molecular weight is 408 g/mol. The molecule has 1 aliphatic rings. The van der Waals surface area contributed by atoms with E-state index in [1.807, 2.05) is 4.57 Å². The standard InChI is InChI=1S/C19H25N3O3S2/c1-5-9-21-16-11-13(2)14(3)12-17(16)26-19(21)20-18(23)15-8-6-7-10-22(15)27(4,24)25/h5,11-12,15H,1,6-10H2,2-4H3. The van der Waals surface area contributed by atoms with Gasteiger partial charge in [0.05, 0.1) is 16.5 Å². The number of rotatable bonds is 4. The average Bonchev–Trinajstić information content (AvgIpc) is 2.91. The second kappa shape index (κ2) is 7.69. The Morgan fingerprint density at radius 2 is 2.04 bits per heavy atom. The summed E-state index contributed by atoms with van der Waals surface area (Å²) in [7, 11) is -3.44. The van der Waals surface area contributed by atoms with E-state index < -0.39 is 22.0 Å². The normalized spacial score (nSPS) is 19.5. The lowest BCUT2D eigenvalue weighted by atomic mass is 10.0. The second-order valence-corrected chi connectivity index (χ2v) is 9.97. The monoisotopic (exact) mass is 407 g/mol. The third-order valence-electron chi connectivity index (χ3n) is 4.98. The number of benzene rings is 1. The number of thiazole rings is 1. The molecule has 8 heteroatoms. The highest BCUT2D eigenvalue weighted by atomic mass is 32.2. The fraction of sp³-hybridized carbons (Fsp3) is 0.474. The van der Waals surface area contributed by atoms with Crippen LogP contribution in [0.15, 0.2) is 29.8 Å². The molecule has 0 spiro atoms. The molecule has 2 aromatic rings. The van der Waals surface area contributed by atoms with Gasteiger partial charge in [0.2, 0.25) is 10.0 Å². The zero-order valence-electron chi connectivity index (χ0n) is 15.9. The summed E-state index contributed by atoms with van der Waals surface area (Å²) in [4.78, 5) is 17.8. The molecule has 3 rings (SSSR count). The lowest BCUT2D eigenvalue weighted by Crippen LogP contribution is -2.47. The van der Waals surface area contributed by atoms with Gasteiger partial charge in [-0.3, -0.25) is 4.79 Å². The molecule has 2 heterocycles.